The number of fused-ring (bicyclic) bond motifs is 1. The fraction of sp³-hybridized carbons (Fsp3) is 0.647. The van der Waals surface area contributed by atoms with Crippen LogP contribution in [-0.4, -0.2) is 25.9 Å². The second-order valence-electron chi connectivity index (χ2n) is 6.27. The number of benzene rings is 1. The van der Waals surface area contributed by atoms with Crippen molar-refractivity contribution in [2.75, 3.05) is 19.8 Å². The van der Waals surface area contributed by atoms with E-state index in [4.69, 9.17) is 15.2 Å². The van der Waals surface area contributed by atoms with Crippen LogP contribution in [0.5, 0.6) is 5.75 Å². The molecule has 1 heterocycles. The first-order valence-corrected chi connectivity index (χ1v) is 7.99. The van der Waals surface area contributed by atoms with Crippen LogP contribution in [0.1, 0.15) is 31.2 Å². The SMILES string of the molecule is NCC1CCCCC1COCC1Cc2cc(F)ccc2O1. The molecule has 4 heteroatoms. The first kappa shape index (κ1) is 14.8. The summed E-state index contributed by atoms with van der Waals surface area (Å²) < 4.78 is 24.8. The Balaban J connectivity index is 1.44. The van der Waals surface area contributed by atoms with Gasteiger partial charge in [-0.1, -0.05) is 12.8 Å². The van der Waals surface area contributed by atoms with Crippen molar-refractivity contribution in [3.05, 3.63) is 29.6 Å². The molecule has 3 unspecified atom stereocenters. The number of ether oxygens (including phenoxy) is 2. The molecule has 2 aliphatic rings. The van der Waals surface area contributed by atoms with E-state index in [0.29, 0.717) is 18.4 Å². The first-order valence-electron chi connectivity index (χ1n) is 7.99. The number of rotatable bonds is 5. The van der Waals surface area contributed by atoms with Gasteiger partial charge in [-0.25, -0.2) is 4.39 Å². The highest BCUT2D eigenvalue weighted by Gasteiger charge is 2.26. The minimum absolute atomic E-state index is 0.0155. The van der Waals surface area contributed by atoms with Crippen molar-refractivity contribution in [1.29, 1.82) is 0 Å². The Morgan fingerprint density at radius 1 is 1.19 bits per heavy atom. The van der Waals surface area contributed by atoms with E-state index in [9.17, 15) is 4.39 Å². The molecule has 1 aromatic rings. The van der Waals surface area contributed by atoms with Crippen LogP contribution >= 0.6 is 0 Å². The maximum atomic E-state index is 13.2. The molecule has 0 radical (unpaired) electrons. The normalized spacial score (nSPS) is 28.2. The molecule has 1 aliphatic heterocycles. The van der Waals surface area contributed by atoms with Crippen LogP contribution in [0, 0.1) is 17.7 Å². The van der Waals surface area contributed by atoms with Gasteiger partial charge < -0.3 is 15.2 Å². The molecule has 1 fully saturated rings. The maximum Gasteiger partial charge on any atom is 0.126 e. The van der Waals surface area contributed by atoms with Crippen LogP contribution in [0.3, 0.4) is 0 Å². The van der Waals surface area contributed by atoms with Gasteiger partial charge in [-0.05, 0) is 49.4 Å². The average molecular weight is 293 g/mol. The van der Waals surface area contributed by atoms with Crippen molar-refractivity contribution in [1.82, 2.24) is 0 Å². The molecule has 1 saturated carbocycles. The van der Waals surface area contributed by atoms with Gasteiger partial charge in [0.15, 0.2) is 0 Å². The van der Waals surface area contributed by atoms with E-state index in [1.165, 1.54) is 31.7 Å². The van der Waals surface area contributed by atoms with Crippen LogP contribution in [0.2, 0.25) is 0 Å². The number of nitrogens with two attached hydrogens (primary N) is 1. The maximum absolute atomic E-state index is 13.2. The summed E-state index contributed by atoms with van der Waals surface area (Å²) in [6, 6.07) is 4.70. The predicted octanol–water partition coefficient (Wildman–Crippen LogP) is 2.91. The summed E-state index contributed by atoms with van der Waals surface area (Å²) in [5, 5.41) is 0. The van der Waals surface area contributed by atoms with Crippen molar-refractivity contribution in [3.63, 3.8) is 0 Å². The van der Waals surface area contributed by atoms with E-state index in [1.54, 1.807) is 12.1 Å². The van der Waals surface area contributed by atoms with Crippen LogP contribution in [0.25, 0.3) is 0 Å². The standard InChI is InChI=1S/C17H24FNO2/c18-15-5-6-17-14(7-15)8-16(21-17)11-20-10-13-4-2-1-3-12(13)9-19/h5-7,12-13,16H,1-4,8-11,19H2. The average Bonchev–Trinajstić information content (AvgIpc) is 2.89. The summed E-state index contributed by atoms with van der Waals surface area (Å²) in [5.41, 5.74) is 6.79. The van der Waals surface area contributed by atoms with Crippen LogP contribution < -0.4 is 10.5 Å². The Morgan fingerprint density at radius 3 is 2.81 bits per heavy atom. The Morgan fingerprint density at radius 2 is 2.00 bits per heavy atom. The monoisotopic (exact) mass is 293 g/mol. The summed E-state index contributed by atoms with van der Waals surface area (Å²) in [6.45, 7) is 2.11. The predicted molar refractivity (Wildman–Crippen MR) is 79.8 cm³/mol. The topological polar surface area (TPSA) is 44.5 Å². The molecular formula is C17H24FNO2. The largest absolute Gasteiger partial charge is 0.487 e. The Hall–Kier alpha value is -1.13. The van der Waals surface area contributed by atoms with Crippen molar-refractivity contribution < 1.29 is 13.9 Å². The van der Waals surface area contributed by atoms with Gasteiger partial charge in [0.1, 0.15) is 17.7 Å². The van der Waals surface area contributed by atoms with Gasteiger partial charge in [-0.2, -0.15) is 0 Å². The highest BCUT2D eigenvalue weighted by molar-refractivity contribution is 5.37. The molecule has 0 saturated heterocycles. The third-order valence-electron chi connectivity index (χ3n) is 4.77. The number of halogens is 1. The smallest absolute Gasteiger partial charge is 0.126 e. The summed E-state index contributed by atoms with van der Waals surface area (Å²) in [5.74, 6) is 1.79. The lowest BCUT2D eigenvalue weighted by Gasteiger charge is -2.30. The van der Waals surface area contributed by atoms with Gasteiger partial charge in [0, 0.05) is 18.6 Å². The fourth-order valence-corrected chi connectivity index (χ4v) is 3.55. The molecule has 116 valence electrons. The lowest BCUT2D eigenvalue weighted by Crippen LogP contribution is -2.31. The van der Waals surface area contributed by atoms with Gasteiger partial charge >= 0.3 is 0 Å². The molecular weight excluding hydrogens is 269 g/mol. The van der Waals surface area contributed by atoms with Crippen LogP contribution in [0.4, 0.5) is 4.39 Å². The minimum atomic E-state index is -0.202. The second-order valence-corrected chi connectivity index (χ2v) is 6.27. The molecule has 2 N–H and O–H groups in total. The minimum Gasteiger partial charge on any atom is -0.487 e. The molecule has 3 nitrogen and oxygen atoms in total. The summed E-state index contributed by atoms with van der Waals surface area (Å²) >= 11 is 0. The zero-order valence-electron chi connectivity index (χ0n) is 12.4. The molecule has 3 rings (SSSR count). The molecule has 3 atom stereocenters. The highest BCUT2D eigenvalue weighted by atomic mass is 19.1. The van der Waals surface area contributed by atoms with E-state index < -0.39 is 0 Å². The zero-order valence-corrected chi connectivity index (χ0v) is 12.4. The summed E-state index contributed by atoms with van der Waals surface area (Å²) in [6.07, 6.45) is 5.79. The van der Waals surface area contributed by atoms with Crippen molar-refractivity contribution in [2.24, 2.45) is 17.6 Å². The molecule has 0 spiro atoms. The third kappa shape index (κ3) is 3.55. The molecule has 0 bridgehead atoms. The van der Waals surface area contributed by atoms with Crippen molar-refractivity contribution in [2.45, 2.75) is 38.2 Å². The van der Waals surface area contributed by atoms with Gasteiger partial charge in [-0.15, -0.1) is 0 Å². The first-order chi connectivity index (χ1) is 10.3. The quantitative estimate of drug-likeness (QED) is 0.908. The third-order valence-corrected chi connectivity index (χ3v) is 4.77. The van der Waals surface area contributed by atoms with E-state index in [-0.39, 0.29) is 11.9 Å². The van der Waals surface area contributed by atoms with Gasteiger partial charge in [0.2, 0.25) is 0 Å². The molecule has 1 aliphatic carbocycles. The van der Waals surface area contributed by atoms with E-state index in [2.05, 4.69) is 0 Å². The number of hydrogen-bond acceptors (Lipinski definition) is 3. The van der Waals surface area contributed by atoms with E-state index in [1.807, 2.05) is 0 Å². The van der Waals surface area contributed by atoms with Gasteiger partial charge in [0.25, 0.3) is 0 Å². The second kappa shape index (κ2) is 6.75. The van der Waals surface area contributed by atoms with E-state index in [0.717, 1.165) is 30.9 Å². The Bertz CT molecular complexity index is 480. The van der Waals surface area contributed by atoms with Crippen LogP contribution in [-0.2, 0) is 11.2 Å². The van der Waals surface area contributed by atoms with Gasteiger partial charge in [0.05, 0.1) is 6.61 Å². The molecule has 1 aromatic carbocycles. The Labute approximate surface area is 125 Å². The lowest BCUT2D eigenvalue weighted by molar-refractivity contribution is 0.0201. The molecule has 21 heavy (non-hydrogen) atoms. The highest BCUT2D eigenvalue weighted by Crippen LogP contribution is 2.31. The van der Waals surface area contributed by atoms with Gasteiger partial charge in [-0.3, -0.25) is 0 Å². The molecule has 0 amide bonds. The van der Waals surface area contributed by atoms with E-state index >= 15 is 0 Å². The summed E-state index contributed by atoms with van der Waals surface area (Å²) in [7, 11) is 0. The van der Waals surface area contributed by atoms with Crippen molar-refractivity contribution in [3.8, 4) is 5.75 Å². The number of hydrogen-bond donors (Lipinski definition) is 1. The van der Waals surface area contributed by atoms with Crippen LogP contribution in [0.15, 0.2) is 18.2 Å². The lowest BCUT2D eigenvalue weighted by atomic mass is 9.80. The van der Waals surface area contributed by atoms with Crippen molar-refractivity contribution >= 4 is 0 Å². The zero-order chi connectivity index (χ0) is 14.7. The molecule has 0 aromatic heterocycles. The Kier molecular flexibility index (Phi) is 4.76. The fourth-order valence-electron chi connectivity index (χ4n) is 3.55. The summed E-state index contributed by atoms with van der Waals surface area (Å²) in [4.78, 5) is 0.